The minimum Gasteiger partial charge on any atom is -0.479 e. The van der Waals surface area contributed by atoms with E-state index in [0.29, 0.717) is 12.1 Å². The maximum Gasteiger partial charge on any atom is 0.416 e. The number of alkyl halides is 4. The number of benzene rings is 1. The van der Waals surface area contributed by atoms with Crippen LogP contribution in [0.5, 0.6) is 0 Å². The van der Waals surface area contributed by atoms with E-state index in [-0.39, 0.29) is 5.56 Å². The summed E-state index contributed by atoms with van der Waals surface area (Å²) in [5.41, 5.74) is -3.96. The third kappa shape index (κ3) is 2.32. The van der Waals surface area contributed by atoms with Crippen LogP contribution < -0.4 is 0 Å². The van der Waals surface area contributed by atoms with Gasteiger partial charge in [-0.05, 0) is 19.1 Å². The summed E-state index contributed by atoms with van der Waals surface area (Å²) in [5, 5.41) is 8.53. The lowest BCUT2D eigenvalue weighted by atomic mass is 9.97. The highest BCUT2D eigenvalue weighted by atomic mass is 19.4. The van der Waals surface area contributed by atoms with Gasteiger partial charge in [0.1, 0.15) is 0 Å². The van der Waals surface area contributed by atoms with Crippen molar-refractivity contribution in [2.45, 2.75) is 18.8 Å². The van der Waals surface area contributed by atoms with Crippen LogP contribution in [0.4, 0.5) is 17.6 Å². The molecule has 1 unspecified atom stereocenters. The van der Waals surface area contributed by atoms with Gasteiger partial charge in [0.05, 0.1) is 5.56 Å². The molecule has 1 rings (SSSR count). The number of carboxylic acid groups (broad SMARTS) is 1. The second-order valence-electron chi connectivity index (χ2n) is 3.38. The Bertz CT molecular complexity index is 392. The van der Waals surface area contributed by atoms with E-state index in [0.717, 1.165) is 19.1 Å². The molecule has 0 spiro atoms. The van der Waals surface area contributed by atoms with Crippen LogP contribution in [0, 0.1) is 0 Å². The quantitative estimate of drug-likeness (QED) is 0.801. The van der Waals surface area contributed by atoms with E-state index in [1.54, 1.807) is 0 Å². The molecule has 0 bridgehead atoms. The molecule has 0 amide bonds. The van der Waals surface area contributed by atoms with Crippen LogP contribution in [-0.2, 0) is 16.6 Å². The Hall–Kier alpha value is -1.59. The lowest BCUT2D eigenvalue weighted by Crippen LogP contribution is -2.26. The van der Waals surface area contributed by atoms with E-state index >= 15 is 0 Å². The molecule has 1 N–H and O–H groups in total. The fourth-order valence-electron chi connectivity index (χ4n) is 1.10. The third-order valence-electron chi connectivity index (χ3n) is 2.16. The maximum atomic E-state index is 13.5. The average Bonchev–Trinajstić information content (AvgIpc) is 2.16. The van der Waals surface area contributed by atoms with Gasteiger partial charge in [-0.15, -0.1) is 0 Å². The predicted octanol–water partition coefficient (Wildman–Crippen LogP) is 2.97. The molecule has 88 valence electrons. The van der Waals surface area contributed by atoms with Crippen LogP contribution in [0.3, 0.4) is 0 Å². The molecule has 1 atom stereocenters. The number of hydrogen-bond donors (Lipinski definition) is 1. The van der Waals surface area contributed by atoms with Crippen LogP contribution in [0.25, 0.3) is 0 Å². The number of halogens is 4. The van der Waals surface area contributed by atoms with Crippen molar-refractivity contribution < 1.29 is 27.5 Å². The minimum atomic E-state index is -4.52. The summed E-state index contributed by atoms with van der Waals surface area (Å²) < 4.78 is 50.0. The Labute approximate surface area is 88.5 Å². The molecule has 16 heavy (non-hydrogen) atoms. The van der Waals surface area contributed by atoms with E-state index in [2.05, 4.69) is 0 Å². The van der Waals surface area contributed by atoms with Gasteiger partial charge in [-0.1, -0.05) is 12.1 Å². The van der Waals surface area contributed by atoms with E-state index in [1.807, 2.05) is 0 Å². The molecule has 0 aromatic heterocycles. The summed E-state index contributed by atoms with van der Waals surface area (Å²) in [7, 11) is 0. The van der Waals surface area contributed by atoms with Crippen molar-refractivity contribution in [3.63, 3.8) is 0 Å². The number of carboxylic acids is 1. The second kappa shape index (κ2) is 3.77. The van der Waals surface area contributed by atoms with Crippen LogP contribution in [0.1, 0.15) is 18.1 Å². The Balaban J connectivity index is 3.09. The standard InChI is InChI=1S/C10H8F4O2/c1-9(11,8(15)16)6-2-4-7(5-3-6)10(12,13)14/h2-5H,1H3,(H,15,16). The van der Waals surface area contributed by atoms with Crippen molar-refractivity contribution in [2.75, 3.05) is 0 Å². The van der Waals surface area contributed by atoms with E-state index < -0.39 is 23.4 Å². The Morgan fingerprint density at radius 2 is 1.44 bits per heavy atom. The molecule has 0 aliphatic rings. The van der Waals surface area contributed by atoms with Crippen molar-refractivity contribution in [1.29, 1.82) is 0 Å². The van der Waals surface area contributed by atoms with Crippen LogP contribution in [-0.4, -0.2) is 11.1 Å². The van der Waals surface area contributed by atoms with Gasteiger partial charge in [0.25, 0.3) is 0 Å². The summed E-state index contributed by atoms with van der Waals surface area (Å²) in [4.78, 5) is 10.5. The smallest absolute Gasteiger partial charge is 0.416 e. The fraction of sp³-hybridized carbons (Fsp3) is 0.300. The molecule has 0 aliphatic heterocycles. The van der Waals surface area contributed by atoms with E-state index in [4.69, 9.17) is 5.11 Å². The normalized spacial score (nSPS) is 15.6. The molecule has 0 heterocycles. The molecule has 1 aromatic rings. The first-order valence-electron chi connectivity index (χ1n) is 4.26. The molecule has 6 heteroatoms. The van der Waals surface area contributed by atoms with Gasteiger partial charge in [-0.2, -0.15) is 13.2 Å². The fourth-order valence-corrected chi connectivity index (χ4v) is 1.10. The zero-order valence-electron chi connectivity index (χ0n) is 8.18. The summed E-state index contributed by atoms with van der Waals surface area (Å²) in [6.45, 7) is 0.776. The molecular formula is C10H8F4O2. The van der Waals surface area contributed by atoms with Gasteiger partial charge in [0.2, 0.25) is 5.67 Å². The number of aliphatic carboxylic acids is 1. The van der Waals surface area contributed by atoms with Crippen molar-refractivity contribution in [3.8, 4) is 0 Å². The Morgan fingerprint density at radius 1 is 1.06 bits per heavy atom. The van der Waals surface area contributed by atoms with Crippen molar-refractivity contribution in [3.05, 3.63) is 35.4 Å². The van der Waals surface area contributed by atoms with E-state index in [1.165, 1.54) is 0 Å². The zero-order chi connectivity index (χ0) is 12.6. The van der Waals surface area contributed by atoms with Crippen LogP contribution >= 0.6 is 0 Å². The zero-order valence-corrected chi connectivity index (χ0v) is 8.18. The van der Waals surface area contributed by atoms with Crippen molar-refractivity contribution in [1.82, 2.24) is 0 Å². The highest BCUT2D eigenvalue weighted by Crippen LogP contribution is 2.32. The van der Waals surface area contributed by atoms with Crippen LogP contribution in [0.2, 0.25) is 0 Å². The Morgan fingerprint density at radius 3 is 1.75 bits per heavy atom. The predicted molar refractivity (Wildman–Crippen MR) is 47.5 cm³/mol. The first kappa shape index (κ1) is 12.5. The van der Waals surface area contributed by atoms with Gasteiger partial charge >= 0.3 is 12.1 Å². The largest absolute Gasteiger partial charge is 0.479 e. The van der Waals surface area contributed by atoms with Gasteiger partial charge in [0, 0.05) is 5.56 Å². The molecule has 2 nitrogen and oxygen atoms in total. The lowest BCUT2D eigenvalue weighted by Gasteiger charge is -2.16. The lowest BCUT2D eigenvalue weighted by molar-refractivity contribution is -0.150. The molecule has 0 aliphatic carbocycles. The molecule has 0 radical (unpaired) electrons. The van der Waals surface area contributed by atoms with Crippen molar-refractivity contribution >= 4 is 5.97 Å². The first-order valence-corrected chi connectivity index (χ1v) is 4.26. The molecule has 0 saturated carbocycles. The Kier molecular flexibility index (Phi) is 2.94. The van der Waals surface area contributed by atoms with E-state index in [9.17, 15) is 22.4 Å². The highest BCUT2D eigenvalue weighted by molar-refractivity contribution is 5.78. The highest BCUT2D eigenvalue weighted by Gasteiger charge is 2.36. The summed E-state index contributed by atoms with van der Waals surface area (Å²) >= 11 is 0. The van der Waals surface area contributed by atoms with Gasteiger partial charge in [-0.25, -0.2) is 9.18 Å². The van der Waals surface area contributed by atoms with Crippen LogP contribution in [0.15, 0.2) is 24.3 Å². The number of carbonyl (C=O) groups is 1. The number of hydrogen-bond acceptors (Lipinski definition) is 1. The monoisotopic (exact) mass is 236 g/mol. The average molecular weight is 236 g/mol. The third-order valence-corrected chi connectivity index (χ3v) is 2.16. The molecular weight excluding hydrogens is 228 g/mol. The SMILES string of the molecule is CC(F)(C(=O)O)c1ccc(C(F)(F)F)cc1. The maximum absolute atomic E-state index is 13.5. The molecule has 0 fully saturated rings. The van der Waals surface area contributed by atoms with Gasteiger partial charge in [0.15, 0.2) is 0 Å². The molecule has 0 saturated heterocycles. The topological polar surface area (TPSA) is 37.3 Å². The van der Waals surface area contributed by atoms with Gasteiger partial charge in [-0.3, -0.25) is 0 Å². The second-order valence-corrected chi connectivity index (χ2v) is 3.38. The first-order chi connectivity index (χ1) is 7.15. The van der Waals surface area contributed by atoms with Crippen molar-refractivity contribution in [2.24, 2.45) is 0 Å². The summed E-state index contributed by atoms with van der Waals surface area (Å²) in [6, 6.07) is 2.93. The molecule has 1 aromatic carbocycles. The summed E-state index contributed by atoms with van der Waals surface area (Å²) in [6.07, 6.45) is -4.52. The minimum absolute atomic E-state index is 0.326. The summed E-state index contributed by atoms with van der Waals surface area (Å²) in [5.74, 6) is -1.74. The number of rotatable bonds is 2. The van der Waals surface area contributed by atoms with Gasteiger partial charge < -0.3 is 5.11 Å².